The number of carbonyl (C=O) groups excluding carboxylic acids is 1. The van der Waals surface area contributed by atoms with Gasteiger partial charge < -0.3 is 15.2 Å². The summed E-state index contributed by atoms with van der Waals surface area (Å²) in [5.41, 5.74) is 6.36. The molecular weight excluding hydrogens is 424 g/mol. The number of hydrogen-bond donors (Lipinski definition) is 1. The molecule has 2 aromatic carbocycles. The topological polar surface area (TPSA) is 61.5 Å². The van der Waals surface area contributed by atoms with Gasteiger partial charge in [-0.1, -0.05) is 11.6 Å². The molecule has 116 valence electrons. The van der Waals surface area contributed by atoms with E-state index in [2.05, 4.69) is 0 Å². The van der Waals surface area contributed by atoms with Crippen molar-refractivity contribution in [3.8, 4) is 11.5 Å². The third kappa shape index (κ3) is 3.80. The van der Waals surface area contributed by atoms with Crippen LogP contribution in [0.4, 0.5) is 10.1 Å². The molecule has 4 nitrogen and oxygen atoms in total. The summed E-state index contributed by atoms with van der Waals surface area (Å²) in [7, 11) is 0. The van der Waals surface area contributed by atoms with Crippen LogP contribution in [0.3, 0.4) is 0 Å². The van der Waals surface area contributed by atoms with Gasteiger partial charge in [0.2, 0.25) is 0 Å². The summed E-state index contributed by atoms with van der Waals surface area (Å²) >= 11 is 8.09. The fraction of sp³-hybridized carbons (Fsp3) is 0.133. The molecule has 7 heteroatoms. The predicted octanol–water partition coefficient (Wildman–Crippen LogP) is 4.63. The van der Waals surface area contributed by atoms with E-state index in [9.17, 15) is 9.18 Å². The van der Waals surface area contributed by atoms with E-state index in [0.29, 0.717) is 5.69 Å². The lowest BCUT2D eigenvalue weighted by molar-refractivity contribution is 0.0523. The molecular formula is C15H12ClFINO3. The van der Waals surface area contributed by atoms with Gasteiger partial charge in [-0.05, 0) is 53.8 Å². The summed E-state index contributed by atoms with van der Waals surface area (Å²) in [6, 6.07) is 6.71. The van der Waals surface area contributed by atoms with Gasteiger partial charge in [0.1, 0.15) is 22.9 Å². The van der Waals surface area contributed by atoms with E-state index in [1.807, 2.05) is 22.6 Å². The largest absolute Gasteiger partial charge is 0.462 e. The fourth-order valence-corrected chi connectivity index (χ4v) is 2.35. The van der Waals surface area contributed by atoms with Gasteiger partial charge in [0.25, 0.3) is 0 Å². The van der Waals surface area contributed by atoms with E-state index < -0.39 is 11.8 Å². The summed E-state index contributed by atoms with van der Waals surface area (Å²) < 4.78 is 24.7. The van der Waals surface area contributed by atoms with E-state index in [0.717, 1.165) is 15.7 Å². The number of anilines is 1. The zero-order valence-electron chi connectivity index (χ0n) is 11.5. The van der Waals surface area contributed by atoms with E-state index in [-0.39, 0.29) is 28.7 Å². The first-order valence-corrected chi connectivity index (χ1v) is 7.77. The van der Waals surface area contributed by atoms with Crippen molar-refractivity contribution >= 4 is 45.8 Å². The normalized spacial score (nSPS) is 10.4. The third-order valence-electron chi connectivity index (χ3n) is 2.71. The highest BCUT2D eigenvalue weighted by atomic mass is 127. The quantitative estimate of drug-likeness (QED) is 0.432. The standard InChI is InChI=1S/C15H12ClFINO3/c1-2-21-15(20)9-4-3-8(17)5-13(9)22-14-7-11(18)12(19)6-10(14)16/h3-7H,2,19H2,1H3. The van der Waals surface area contributed by atoms with Crippen LogP contribution >= 0.6 is 34.2 Å². The van der Waals surface area contributed by atoms with Gasteiger partial charge in [-0.25, -0.2) is 9.18 Å². The Balaban J connectivity index is 2.42. The molecule has 0 heterocycles. The number of ether oxygens (including phenoxy) is 2. The highest BCUT2D eigenvalue weighted by molar-refractivity contribution is 14.1. The van der Waals surface area contributed by atoms with Crippen molar-refractivity contribution in [2.75, 3.05) is 12.3 Å². The predicted molar refractivity (Wildman–Crippen MR) is 91.0 cm³/mol. The molecule has 0 saturated carbocycles. The molecule has 0 aliphatic carbocycles. The van der Waals surface area contributed by atoms with Crippen molar-refractivity contribution in [2.24, 2.45) is 0 Å². The van der Waals surface area contributed by atoms with Crippen molar-refractivity contribution < 1.29 is 18.7 Å². The minimum Gasteiger partial charge on any atom is -0.462 e. The van der Waals surface area contributed by atoms with Crippen LogP contribution in [-0.2, 0) is 4.74 Å². The van der Waals surface area contributed by atoms with Gasteiger partial charge in [-0.15, -0.1) is 0 Å². The van der Waals surface area contributed by atoms with Crippen molar-refractivity contribution in [1.29, 1.82) is 0 Å². The number of rotatable bonds is 4. The Hall–Kier alpha value is -1.54. The van der Waals surface area contributed by atoms with Crippen LogP contribution in [0.25, 0.3) is 0 Å². The van der Waals surface area contributed by atoms with Crippen molar-refractivity contribution in [1.82, 2.24) is 0 Å². The lowest BCUT2D eigenvalue weighted by Crippen LogP contribution is -2.07. The van der Waals surface area contributed by atoms with Crippen LogP contribution < -0.4 is 10.5 Å². The van der Waals surface area contributed by atoms with Gasteiger partial charge >= 0.3 is 5.97 Å². The van der Waals surface area contributed by atoms with Gasteiger partial charge in [0.15, 0.2) is 0 Å². The summed E-state index contributed by atoms with van der Waals surface area (Å²) in [6.07, 6.45) is 0. The monoisotopic (exact) mass is 435 g/mol. The maximum atomic E-state index is 13.5. The van der Waals surface area contributed by atoms with Gasteiger partial charge in [0.05, 0.1) is 11.6 Å². The minimum atomic E-state index is -0.598. The minimum absolute atomic E-state index is 0.0286. The van der Waals surface area contributed by atoms with Crippen LogP contribution in [0.1, 0.15) is 17.3 Å². The molecule has 0 amide bonds. The maximum absolute atomic E-state index is 13.5. The molecule has 2 rings (SSSR count). The Morgan fingerprint density at radius 3 is 2.73 bits per heavy atom. The van der Waals surface area contributed by atoms with E-state index in [1.54, 1.807) is 13.0 Å². The lowest BCUT2D eigenvalue weighted by Gasteiger charge is -2.13. The Kier molecular flexibility index (Phi) is 5.47. The number of esters is 1. The van der Waals surface area contributed by atoms with Crippen molar-refractivity contribution in [2.45, 2.75) is 6.92 Å². The summed E-state index contributed by atoms with van der Waals surface area (Å²) in [5.74, 6) is -0.833. The Bertz CT molecular complexity index is 724. The fourth-order valence-electron chi connectivity index (χ4n) is 1.70. The summed E-state index contributed by atoms with van der Waals surface area (Å²) in [5, 5.41) is 0.261. The molecule has 2 N–H and O–H groups in total. The number of halogens is 3. The third-order valence-corrected chi connectivity index (χ3v) is 3.94. The number of nitrogens with two attached hydrogens (primary N) is 1. The number of hydrogen-bond acceptors (Lipinski definition) is 4. The van der Waals surface area contributed by atoms with Crippen LogP contribution in [0, 0.1) is 9.39 Å². The zero-order chi connectivity index (χ0) is 16.3. The first-order valence-electron chi connectivity index (χ1n) is 6.31. The average Bonchev–Trinajstić information content (AvgIpc) is 2.45. The Morgan fingerprint density at radius 2 is 2.05 bits per heavy atom. The average molecular weight is 436 g/mol. The molecule has 0 spiro atoms. The number of nitrogen functional groups attached to an aromatic ring is 1. The summed E-state index contributed by atoms with van der Waals surface area (Å²) in [4.78, 5) is 11.9. The molecule has 0 bridgehead atoms. The van der Waals surface area contributed by atoms with Gasteiger partial charge in [-0.2, -0.15) is 0 Å². The van der Waals surface area contributed by atoms with Crippen molar-refractivity contribution in [3.05, 3.63) is 50.3 Å². The molecule has 0 unspecified atom stereocenters. The molecule has 22 heavy (non-hydrogen) atoms. The Morgan fingerprint density at radius 1 is 1.32 bits per heavy atom. The SMILES string of the molecule is CCOC(=O)c1ccc(F)cc1Oc1cc(I)c(N)cc1Cl. The van der Waals surface area contributed by atoms with Gasteiger partial charge in [0, 0.05) is 15.3 Å². The Labute approximate surface area is 145 Å². The number of carbonyl (C=O) groups is 1. The highest BCUT2D eigenvalue weighted by Gasteiger charge is 2.17. The molecule has 0 aromatic heterocycles. The smallest absolute Gasteiger partial charge is 0.341 e. The highest BCUT2D eigenvalue weighted by Crippen LogP contribution is 2.35. The molecule has 0 aliphatic heterocycles. The van der Waals surface area contributed by atoms with Crippen molar-refractivity contribution in [3.63, 3.8) is 0 Å². The maximum Gasteiger partial charge on any atom is 0.341 e. The van der Waals surface area contributed by atoms with Crippen LogP contribution in [0.5, 0.6) is 11.5 Å². The number of benzene rings is 2. The van der Waals surface area contributed by atoms with E-state index in [1.165, 1.54) is 12.1 Å². The molecule has 0 aliphatic rings. The van der Waals surface area contributed by atoms with Gasteiger partial charge in [-0.3, -0.25) is 0 Å². The van der Waals surface area contributed by atoms with E-state index >= 15 is 0 Å². The zero-order valence-corrected chi connectivity index (χ0v) is 14.4. The second-order valence-corrected chi connectivity index (χ2v) is 5.84. The summed E-state index contributed by atoms with van der Waals surface area (Å²) in [6.45, 7) is 1.89. The van der Waals surface area contributed by atoms with Crippen LogP contribution in [0.2, 0.25) is 5.02 Å². The lowest BCUT2D eigenvalue weighted by atomic mass is 10.2. The second kappa shape index (κ2) is 7.15. The molecule has 0 fully saturated rings. The molecule has 0 saturated heterocycles. The second-order valence-electron chi connectivity index (χ2n) is 4.27. The molecule has 2 aromatic rings. The first-order chi connectivity index (χ1) is 10.4. The molecule has 0 atom stereocenters. The van der Waals surface area contributed by atoms with E-state index in [4.69, 9.17) is 26.8 Å². The van der Waals surface area contributed by atoms with Crippen LogP contribution in [-0.4, -0.2) is 12.6 Å². The van der Waals surface area contributed by atoms with Crippen LogP contribution in [0.15, 0.2) is 30.3 Å². The first kappa shape index (κ1) is 16.8. The molecule has 0 radical (unpaired) electrons.